The first-order chi connectivity index (χ1) is 8.11. The molecule has 0 aliphatic heterocycles. The van der Waals surface area contributed by atoms with Crippen LogP contribution in [0.5, 0.6) is 0 Å². The van der Waals surface area contributed by atoms with Gasteiger partial charge in [0.25, 0.3) is 0 Å². The fourth-order valence-corrected chi connectivity index (χ4v) is 1.86. The Kier molecular flexibility index (Phi) is 3.19. The summed E-state index contributed by atoms with van der Waals surface area (Å²) < 4.78 is 1.89. The van der Waals surface area contributed by atoms with Crippen LogP contribution in [-0.2, 0) is 6.42 Å². The lowest BCUT2D eigenvalue weighted by atomic mass is 10.3. The Labute approximate surface area is 106 Å². The molecule has 0 spiro atoms. The summed E-state index contributed by atoms with van der Waals surface area (Å²) in [7, 11) is 0. The summed E-state index contributed by atoms with van der Waals surface area (Å²) in [4.78, 5) is 9.12. The standard InChI is InChI=1S/C12H14N4S/c1-3-9-7-11(15-8(2)14-9)16-6-4-5-10(16)12(13)17/h4-7H,3H2,1-2H3,(H2,13,17). The van der Waals surface area contributed by atoms with E-state index in [0.29, 0.717) is 4.99 Å². The van der Waals surface area contributed by atoms with Gasteiger partial charge in [-0.25, -0.2) is 9.97 Å². The summed E-state index contributed by atoms with van der Waals surface area (Å²) in [5, 5.41) is 0. The second kappa shape index (κ2) is 4.63. The van der Waals surface area contributed by atoms with Crippen molar-refractivity contribution in [3.05, 3.63) is 41.6 Å². The van der Waals surface area contributed by atoms with Crippen molar-refractivity contribution in [3.63, 3.8) is 0 Å². The van der Waals surface area contributed by atoms with Crippen LogP contribution < -0.4 is 5.73 Å². The molecule has 0 aliphatic rings. The molecule has 2 aromatic heterocycles. The molecule has 0 unspecified atom stereocenters. The van der Waals surface area contributed by atoms with Crippen LogP contribution in [0.2, 0.25) is 0 Å². The van der Waals surface area contributed by atoms with Crippen LogP contribution in [0.25, 0.3) is 5.82 Å². The normalized spacial score (nSPS) is 10.5. The number of aryl methyl sites for hydroxylation is 2. The Hall–Kier alpha value is -1.75. The molecule has 0 atom stereocenters. The highest BCUT2D eigenvalue weighted by molar-refractivity contribution is 7.80. The maximum Gasteiger partial charge on any atom is 0.141 e. The van der Waals surface area contributed by atoms with E-state index >= 15 is 0 Å². The van der Waals surface area contributed by atoms with Crippen LogP contribution in [-0.4, -0.2) is 19.5 Å². The minimum Gasteiger partial charge on any atom is -0.388 e. The van der Waals surface area contributed by atoms with Crippen molar-refractivity contribution in [2.45, 2.75) is 20.3 Å². The van der Waals surface area contributed by atoms with E-state index in [1.165, 1.54) is 0 Å². The maximum atomic E-state index is 5.67. The highest BCUT2D eigenvalue weighted by Gasteiger charge is 2.08. The highest BCUT2D eigenvalue weighted by atomic mass is 32.1. The van der Waals surface area contributed by atoms with Crippen LogP contribution in [0.1, 0.15) is 24.1 Å². The number of thiocarbonyl (C=S) groups is 1. The number of nitrogens with zero attached hydrogens (tertiary/aromatic N) is 3. The molecule has 0 aromatic carbocycles. The summed E-state index contributed by atoms with van der Waals surface area (Å²) in [6.45, 7) is 3.95. The van der Waals surface area contributed by atoms with Crippen molar-refractivity contribution >= 4 is 17.2 Å². The van der Waals surface area contributed by atoms with Crippen LogP contribution in [0.4, 0.5) is 0 Å². The third-order valence-electron chi connectivity index (χ3n) is 2.49. The number of hydrogen-bond acceptors (Lipinski definition) is 3. The monoisotopic (exact) mass is 246 g/mol. The molecule has 2 heterocycles. The van der Waals surface area contributed by atoms with E-state index in [9.17, 15) is 0 Å². The van der Waals surface area contributed by atoms with Crippen LogP contribution in [0.15, 0.2) is 24.4 Å². The second-order valence-electron chi connectivity index (χ2n) is 3.75. The van der Waals surface area contributed by atoms with Gasteiger partial charge in [0.2, 0.25) is 0 Å². The average molecular weight is 246 g/mol. The summed E-state index contributed by atoms with van der Waals surface area (Å²) in [5.74, 6) is 1.56. The molecule has 0 aliphatic carbocycles. The van der Waals surface area contributed by atoms with Crippen molar-refractivity contribution in [2.75, 3.05) is 0 Å². The number of aromatic nitrogens is 3. The Balaban J connectivity index is 2.56. The van der Waals surface area contributed by atoms with Gasteiger partial charge in [-0.05, 0) is 25.5 Å². The fraction of sp³-hybridized carbons (Fsp3) is 0.250. The number of hydrogen-bond donors (Lipinski definition) is 1. The Morgan fingerprint density at radius 3 is 2.88 bits per heavy atom. The summed E-state index contributed by atoms with van der Waals surface area (Å²) in [5.41, 5.74) is 7.47. The fourth-order valence-electron chi connectivity index (χ4n) is 1.70. The first kappa shape index (κ1) is 11.7. The van der Waals surface area contributed by atoms with Gasteiger partial charge in [-0.3, -0.25) is 4.57 Å². The van der Waals surface area contributed by atoms with Crippen molar-refractivity contribution in [2.24, 2.45) is 5.73 Å². The van der Waals surface area contributed by atoms with Gasteiger partial charge in [-0.1, -0.05) is 19.1 Å². The topological polar surface area (TPSA) is 56.7 Å². The molecule has 2 aromatic rings. The van der Waals surface area contributed by atoms with Crippen molar-refractivity contribution in [1.82, 2.24) is 14.5 Å². The molecule has 2 rings (SSSR count). The average Bonchev–Trinajstić information content (AvgIpc) is 2.77. The van der Waals surface area contributed by atoms with E-state index in [0.717, 1.165) is 29.5 Å². The zero-order valence-corrected chi connectivity index (χ0v) is 10.7. The predicted molar refractivity (Wildman–Crippen MR) is 71.4 cm³/mol. The van der Waals surface area contributed by atoms with Gasteiger partial charge in [-0.15, -0.1) is 0 Å². The smallest absolute Gasteiger partial charge is 0.141 e. The lowest BCUT2D eigenvalue weighted by Gasteiger charge is -2.09. The highest BCUT2D eigenvalue weighted by Crippen LogP contribution is 2.12. The zero-order valence-electron chi connectivity index (χ0n) is 9.84. The SMILES string of the molecule is CCc1cc(-n2cccc2C(N)=S)nc(C)n1. The van der Waals surface area contributed by atoms with Gasteiger partial charge in [0.15, 0.2) is 0 Å². The molecule has 4 nitrogen and oxygen atoms in total. The minimum atomic E-state index is 0.365. The van der Waals surface area contributed by atoms with E-state index in [1.807, 2.05) is 35.9 Å². The molecule has 0 saturated heterocycles. The largest absolute Gasteiger partial charge is 0.388 e. The van der Waals surface area contributed by atoms with Crippen LogP contribution >= 0.6 is 12.2 Å². The first-order valence-electron chi connectivity index (χ1n) is 5.44. The van der Waals surface area contributed by atoms with Crippen LogP contribution in [0.3, 0.4) is 0 Å². The van der Waals surface area contributed by atoms with E-state index in [2.05, 4.69) is 16.9 Å². The molecule has 0 amide bonds. The molecule has 0 bridgehead atoms. The van der Waals surface area contributed by atoms with Gasteiger partial charge in [0, 0.05) is 18.0 Å². The molecule has 0 saturated carbocycles. The van der Waals surface area contributed by atoms with Crippen molar-refractivity contribution in [3.8, 4) is 5.82 Å². The number of rotatable bonds is 3. The zero-order chi connectivity index (χ0) is 12.4. The third-order valence-corrected chi connectivity index (χ3v) is 2.70. The summed E-state index contributed by atoms with van der Waals surface area (Å²) >= 11 is 5.01. The molecule has 2 N–H and O–H groups in total. The number of nitrogens with two attached hydrogens (primary N) is 1. The third kappa shape index (κ3) is 2.34. The lowest BCUT2D eigenvalue weighted by molar-refractivity contribution is 0.893. The first-order valence-corrected chi connectivity index (χ1v) is 5.84. The molecular weight excluding hydrogens is 232 g/mol. The van der Waals surface area contributed by atoms with Gasteiger partial charge in [0.05, 0.1) is 5.69 Å². The lowest BCUT2D eigenvalue weighted by Crippen LogP contribution is -2.15. The molecule has 17 heavy (non-hydrogen) atoms. The summed E-state index contributed by atoms with van der Waals surface area (Å²) in [6.07, 6.45) is 2.77. The second-order valence-corrected chi connectivity index (χ2v) is 4.19. The van der Waals surface area contributed by atoms with Crippen molar-refractivity contribution in [1.29, 1.82) is 0 Å². The molecule has 5 heteroatoms. The maximum absolute atomic E-state index is 5.67. The van der Waals surface area contributed by atoms with E-state index < -0.39 is 0 Å². The Morgan fingerprint density at radius 1 is 1.47 bits per heavy atom. The van der Waals surface area contributed by atoms with Gasteiger partial charge < -0.3 is 5.73 Å². The molecular formula is C12H14N4S. The van der Waals surface area contributed by atoms with E-state index in [1.54, 1.807) is 0 Å². The van der Waals surface area contributed by atoms with Gasteiger partial charge in [-0.2, -0.15) is 0 Å². The summed E-state index contributed by atoms with van der Waals surface area (Å²) in [6, 6.07) is 5.73. The van der Waals surface area contributed by atoms with Crippen molar-refractivity contribution < 1.29 is 0 Å². The Bertz CT molecular complexity index is 559. The van der Waals surface area contributed by atoms with E-state index in [-0.39, 0.29) is 0 Å². The quantitative estimate of drug-likeness (QED) is 0.839. The minimum absolute atomic E-state index is 0.365. The van der Waals surface area contributed by atoms with E-state index in [4.69, 9.17) is 18.0 Å². The Morgan fingerprint density at radius 2 is 2.24 bits per heavy atom. The molecule has 0 fully saturated rings. The molecule has 88 valence electrons. The molecule has 0 radical (unpaired) electrons. The van der Waals surface area contributed by atoms with Gasteiger partial charge >= 0.3 is 0 Å². The van der Waals surface area contributed by atoms with Crippen LogP contribution in [0, 0.1) is 6.92 Å². The predicted octanol–water partition coefficient (Wildman–Crippen LogP) is 1.77. The van der Waals surface area contributed by atoms with Gasteiger partial charge in [0.1, 0.15) is 16.6 Å².